The van der Waals surface area contributed by atoms with Crippen LogP contribution in [-0.4, -0.2) is 45.0 Å². The Balaban J connectivity index is 3.78. The van der Waals surface area contributed by atoms with Gasteiger partial charge in [0.2, 0.25) is 0 Å². The number of hydrogen-bond donors (Lipinski definition) is 1. The normalized spacial score (nSPS) is 11.8. The van der Waals surface area contributed by atoms with Gasteiger partial charge in [0.15, 0.2) is 0 Å². The van der Waals surface area contributed by atoms with Crippen LogP contribution in [0.15, 0.2) is 0 Å². The maximum atomic E-state index is 12.1. The average Bonchev–Trinajstić information content (AvgIpc) is 2.63. The molecule has 1 atom stereocenters. The lowest BCUT2D eigenvalue weighted by Gasteiger charge is -2.17. The maximum absolute atomic E-state index is 12.1. The predicted molar refractivity (Wildman–Crippen MR) is 103 cm³/mol. The molecule has 6 nitrogen and oxygen atoms in total. The zero-order valence-corrected chi connectivity index (χ0v) is 17.0. The predicted octanol–water partition coefficient (Wildman–Crippen LogP) is 4.60. The fourth-order valence-corrected chi connectivity index (χ4v) is 2.63. The Hall–Kier alpha value is -1.30. The van der Waals surface area contributed by atoms with E-state index in [-0.39, 0.29) is 12.6 Å². The highest BCUT2D eigenvalue weighted by Crippen LogP contribution is 2.10. The summed E-state index contributed by atoms with van der Waals surface area (Å²) in [4.78, 5) is 23.8. The summed E-state index contributed by atoms with van der Waals surface area (Å²) in [7, 11) is 1.53. The van der Waals surface area contributed by atoms with E-state index in [4.69, 9.17) is 14.2 Å². The van der Waals surface area contributed by atoms with Crippen molar-refractivity contribution in [2.75, 3.05) is 26.9 Å². The second-order valence-corrected chi connectivity index (χ2v) is 6.61. The summed E-state index contributed by atoms with van der Waals surface area (Å²) in [6.07, 6.45) is 11.7. The van der Waals surface area contributed by atoms with E-state index in [9.17, 15) is 9.59 Å². The number of unbranched alkanes of at least 4 members (excludes halogenated alkanes) is 8. The highest BCUT2D eigenvalue weighted by atomic mass is 16.6. The minimum Gasteiger partial charge on any atom is -0.464 e. The van der Waals surface area contributed by atoms with Gasteiger partial charge in [-0.15, -0.1) is 0 Å². The number of carbonyl (C=O) groups excluding carboxylic acids is 2. The fraction of sp³-hybridized carbons (Fsp3) is 0.900. The molecule has 0 aromatic carbocycles. The number of ether oxygens (including phenoxy) is 3. The maximum Gasteiger partial charge on any atom is 0.407 e. The van der Waals surface area contributed by atoms with Crippen LogP contribution in [0.3, 0.4) is 0 Å². The number of esters is 1. The van der Waals surface area contributed by atoms with E-state index in [1.54, 1.807) is 0 Å². The van der Waals surface area contributed by atoms with Gasteiger partial charge in [0, 0.05) is 7.11 Å². The summed E-state index contributed by atoms with van der Waals surface area (Å²) >= 11 is 0. The van der Waals surface area contributed by atoms with Gasteiger partial charge in [-0.05, 0) is 12.8 Å². The molecule has 0 rings (SSSR count). The van der Waals surface area contributed by atoms with Crippen LogP contribution in [0.1, 0.15) is 84.5 Å². The number of hydrogen-bond acceptors (Lipinski definition) is 5. The Bertz CT molecular complexity index is 349. The molecule has 0 aliphatic heterocycles. The van der Waals surface area contributed by atoms with E-state index in [1.807, 2.05) is 6.92 Å². The molecule has 154 valence electrons. The molecule has 0 aromatic rings. The van der Waals surface area contributed by atoms with Crippen LogP contribution in [0.5, 0.6) is 0 Å². The van der Waals surface area contributed by atoms with Crippen LogP contribution in [0.4, 0.5) is 4.79 Å². The van der Waals surface area contributed by atoms with Gasteiger partial charge in [-0.3, -0.25) is 0 Å². The molecule has 0 aliphatic rings. The van der Waals surface area contributed by atoms with Crippen molar-refractivity contribution in [2.45, 2.75) is 90.5 Å². The van der Waals surface area contributed by atoms with Crippen LogP contribution < -0.4 is 5.32 Å². The standard InChI is InChI=1S/C20H39NO5/c1-4-6-7-8-9-10-11-12-13-15-25-19(22)18(14-5-2)21-20(23)26-17-16-24-3/h18H,4-17H2,1-3H3,(H,21,23). The SMILES string of the molecule is CCCCCCCCCCCOC(=O)C(CCC)NC(=O)OCCOC. The average molecular weight is 374 g/mol. The molecule has 0 radical (unpaired) electrons. The third-order valence-electron chi connectivity index (χ3n) is 4.17. The molecule has 0 aromatic heterocycles. The lowest BCUT2D eigenvalue weighted by atomic mass is 10.1. The van der Waals surface area contributed by atoms with E-state index >= 15 is 0 Å². The number of nitrogens with one attached hydrogen (secondary N) is 1. The second kappa shape index (κ2) is 18.5. The quantitative estimate of drug-likeness (QED) is 0.298. The Labute approximate surface area is 159 Å². The monoisotopic (exact) mass is 373 g/mol. The van der Waals surface area contributed by atoms with E-state index < -0.39 is 12.1 Å². The van der Waals surface area contributed by atoms with Gasteiger partial charge in [0.25, 0.3) is 0 Å². The van der Waals surface area contributed by atoms with E-state index in [0.717, 1.165) is 19.3 Å². The van der Waals surface area contributed by atoms with E-state index in [1.165, 1.54) is 52.1 Å². The molecule has 0 bridgehead atoms. The molecule has 1 unspecified atom stereocenters. The molecule has 6 heteroatoms. The summed E-state index contributed by atoms with van der Waals surface area (Å²) in [6.45, 7) is 5.09. The molecule has 0 fully saturated rings. The number of alkyl carbamates (subject to hydrolysis) is 1. The molecule has 1 N–H and O–H groups in total. The Morgan fingerprint density at radius 1 is 0.769 bits per heavy atom. The third kappa shape index (κ3) is 15.0. The first-order valence-corrected chi connectivity index (χ1v) is 10.2. The largest absolute Gasteiger partial charge is 0.464 e. The second-order valence-electron chi connectivity index (χ2n) is 6.61. The summed E-state index contributed by atoms with van der Waals surface area (Å²) in [5.74, 6) is -0.380. The molecule has 26 heavy (non-hydrogen) atoms. The van der Waals surface area contributed by atoms with Gasteiger partial charge in [-0.2, -0.15) is 0 Å². The highest BCUT2D eigenvalue weighted by molar-refractivity contribution is 5.81. The summed E-state index contributed by atoms with van der Waals surface area (Å²) < 4.78 is 15.1. The van der Waals surface area contributed by atoms with Crippen molar-refractivity contribution >= 4 is 12.1 Å². The van der Waals surface area contributed by atoms with Gasteiger partial charge >= 0.3 is 12.1 Å². The van der Waals surface area contributed by atoms with Crippen molar-refractivity contribution in [3.8, 4) is 0 Å². The van der Waals surface area contributed by atoms with Crippen LogP contribution in [0.2, 0.25) is 0 Å². The molecule has 0 heterocycles. The van der Waals surface area contributed by atoms with E-state index in [0.29, 0.717) is 19.6 Å². The molecular formula is C20H39NO5. The minimum atomic E-state index is -0.645. The molecule has 0 saturated heterocycles. The Kier molecular flexibility index (Phi) is 17.6. The zero-order valence-electron chi connectivity index (χ0n) is 17.0. The lowest BCUT2D eigenvalue weighted by Crippen LogP contribution is -2.42. The number of rotatable bonds is 17. The minimum absolute atomic E-state index is 0.161. The topological polar surface area (TPSA) is 73.9 Å². The van der Waals surface area contributed by atoms with Crippen LogP contribution in [0, 0.1) is 0 Å². The summed E-state index contributed by atoms with van der Waals surface area (Å²) in [5, 5.41) is 2.57. The van der Waals surface area contributed by atoms with Gasteiger partial charge < -0.3 is 19.5 Å². The Morgan fingerprint density at radius 3 is 1.96 bits per heavy atom. The molecule has 0 spiro atoms. The fourth-order valence-electron chi connectivity index (χ4n) is 2.63. The first-order chi connectivity index (χ1) is 12.7. The van der Waals surface area contributed by atoms with Crippen molar-refractivity contribution in [2.24, 2.45) is 0 Å². The van der Waals surface area contributed by atoms with Crippen molar-refractivity contribution in [3.63, 3.8) is 0 Å². The smallest absolute Gasteiger partial charge is 0.407 e. The Morgan fingerprint density at radius 2 is 1.38 bits per heavy atom. The van der Waals surface area contributed by atoms with Crippen molar-refractivity contribution in [3.05, 3.63) is 0 Å². The first-order valence-electron chi connectivity index (χ1n) is 10.2. The highest BCUT2D eigenvalue weighted by Gasteiger charge is 2.21. The number of amides is 1. The van der Waals surface area contributed by atoms with Crippen molar-refractivity contribution in [1.29, 1.82) is 0 Å². The van der Waals surface area contributed by atoms with Crippen molar-refractivity contribution in [1.82, 2.24) is 5.32 Å². The first kappa shape index (κ1) is 24.7. The van der Waals surface area contributed by atoms with Gasteiger partial charge in [-0.1, -0.05) is 71.6 Å². The van der Waals surface area contributed by atoms with Gasteiger partial charge in [0.05, 0.1) is 13.2 Å². The molecular weight excluding hydrogens is 334 g/mol. The van der Waals surface area contributed by atoms with Crippen LogP contribution in [0.25, 0.3) is 0 Å². The molecule has 0 aliphatic carbocycles. The summed E-state index contributed by atoms with van der Waals surface area (Å²) in [5.41, 5.74) is 0. The molecule has 0 saturated carbocycles. The zero-order chi connectivity index (χ0) is 19.5. The van der Waals surface area contributed by atoms with Crippen molar-refractivity contribution < 1.29 is 23.8 Å². The van der Waals surface area contributed by atoms with E-state index in [2.05, 4.69) is 12.2 Å². The lowest BCUT2D eigenvalue weighted by molar-refractivity contribution is -0.146. The van der Waals surface area contributed by atoms with Gasteiger partial charge in [0.1, 0.15) is 12.6 Å². The third-order valence-corrected chi connectivity index (χ3v) is 4.17. The number of methoxy groups -OCH3 is 1. The van der Waals surface area contributed by atoms with Gasteiger partial charge in [-0.25, -0.2) is 9.59 Å². The number of carbonyl (C=O) groups is 2. The molecule has 1 amide bonds. The summed E-state index contributed by atoms with van der Waals surface area (Å²) in [6, 6.07) is -0.645. The van der Waals surface area contributed by atoms with Crippen LogP contribution >= 0.6 is 0 Å². The van der Waals surface area contributed by atoms with Crippen LogP contribution in [-0.2, 0) is 19.0 Å².